The van der Waals surface area contributed by atoms with Crippen LogP contribution in [0.15, 0.2) is 103 Å². The highest BCUT2D eigenvalue weighted by atomic mass is 16.5. The lowest BCUT2D eigenvalue weighted by atomic mass is 9.98. The first kappa shape index (κ1) is 32.9. The number of fused-ring (bicyclic) bond motifs is 3. The largest absolute Gasteiger partial charge is 0.453 e. The van der Waals surface area contributed by atoms with E-state index in [1.165, 1.54) is 26.4 Å². The average molecular weight is 718 g/mol. The third kappa shape index (κ3) is 5.94. The Kier molecular flexibility index (Phi) is 7.90. The molecular weight excluding hydrogens is 675 g/mol. The van der Waals surface area contributed by atoms with Crippen molar-refractivity contribution in [1.29, 1.82) is 0 Å². The van der Waals surface area contributed by atoms with Gasteiger partial charge in [0.2, 0.25) is 0 Å². The second kappa shape index (κ2) is 13.0. The molecule has 4 fully saturated rings. The van der Waals surface area contributed by atoms with Gasteiger partial charge in [0.05, 0.1) is 43.0 Å². The van der Waals surface area contributed by atoms with Gasteiger partial charge in [0.1, 0.15) is 17.7 Å². The fourth-order valence-corrected chi connectivity index (χ4v) is 9.24. The molecule has 2 bridgehead atoms. The van der Waals surface area contributed by atoms with Gasteiger partial charge in [-0.2, -0.15) is 0 Å². The molecule has 10 nitrogen and oxygen atoms in total. The Hall–Kier alpha value is -5.74. The number of aromatic nitrogens is 4. The third-order valence-electron chi connectivity index (χ3n) is 12.4. The molecule has 5 atom stereocenters. The number of piperidine rings is 1. The summed E-state index contributed by atoms with van der Waals surface area (Å²) >= 11 is 0. The first-order valence-electron chi connectivity index (χ1n) is 19.1. The maximum atomic E-state index is 14.2. The molecule has 2 amide bonds. The van der Waals surface area contributed by atoms with Gasteiger partial charge < -0.3 is 30.2 Å². The van der Waals surface area contributed by atoms with E-state index in [0.717, 1.165) is 75.3 Å². The van der Waals surface area contributed by atoms with Crippen molar-refractivity contribution in [1.82, 2.24) is 35.5 Å². The Morgan fingerprint density at radius 2 is 1.48 bits per heavy atom. The maximum absolute atomic E-state index is 14.2. The van der Waals surface area contributed by atoms with Crippen LogP contribution in [-0.4, -0.2) is 56.5 Å². The van der Waals surface area contributed by atoms with Crippen LogP contribution >= 0.6 is 0 Å². The quantitative estimate of drug-likeness (QED) is 0.126. The highest BCUT2D eigenvalue weighted by Gasteiger charge is 2.55. The van der Waals surface area contributed by atoms with Gasteiger partial charge in [0.15, 0.2) is 0 Å². The number of aromatic amines is 2. The van der Waals surface area contributed by atoms with Crippen LogP contribution in [0.4, 0.5) is 4.79 Å². The van der Waals surface area contributed by atoms with Crippen LogP contribution in [0.1, 0.15) is 73.9 Å². The number of nitrogens with zero attached hydrogens (tertiary/aromatic N) is 3. The fourth-order valence-electron chi connectivity index (χ4n) is 9.24. The molecule has 2 aromatic heterocycles. The van der Waals surface area contributed by atoms with E-state index in [1.54, 1.807) is 0 Å². The van der Waals surface area contributed by atoms with Crippen molar-refractivity contribution in [2.24, 2.45) is 11.3 Å². The molecule has 4 heterocycles. The molecule has 10 heteroatoms. The highest BCUT2D eigenvalue weighted by molar-refractivity contribution is 5.91. The molecule has 0 radical (unpaired) electrons. The van der Waals surface area contributed by atoms with Crippen LogP contribution in [0.2, 0.25) is 0 Å². The van der Waals surface area contributed by atoms with Crippen LogP contribution in [-0.2, 0) is 9.53 Å². The predicted octanol–water partition coefficient (Wildman–Crippen LogP) is 8.25. The number of imidazole rings is 2. The summed E-state index contributed by atoms with van der Waals surface area (Å²) in [5.74, 6) is 2.36. The SMILES string of the molecule is COC(=O)NC(C(=O)N1CC2(CC2)C[C@H]1c1ncc(-c2ccc3cc(-c4ccc(-c5cnc([C@H]6N[C@@H]7CC[C@H]6C7)[nH]5)cc4)ccc3c2)[nH]1)c1ccccc1. The van der Waals surface area contributed by atoms with E-state index in [0.29, 0.717) is 30.1 Å². The predicted molar refractivity (Wildman–Crippen MR) is 207 cm³/mol. The monoisotopic (exact) mass is 717 g/mol. The van der Waals surface area contributed by atoms with Crippen molar-refractivity contribution in [3.8, 4) is 33.6 Å². The Bertz CT molecular complexity index is 2360. The number of hydrogen-bond acceptors (Lipinski definition) is 6. The number of likely N-dealkylation sites (tertiary alicyclic amines) is 1. The lowest BCUT2D eigenvalue weighted by Crippen LogP contribution is -2.43. The number of nitrogens with one attached hydrogen (secondary N) is 4. The van der Waals surface area contributed by atoms with Crippen LogP contribution in [0.5, 0.6) is 0 Å². The van der Waals surface area contributed by atoms with E-state index < -0.39 is 12.1 Å². The molecule has 4 N–H and O–H groups in total. The van der Waals surface area contributed by atoms with Gasteiger partial charge in [-0.15, -0.1) is 0 Å². The smallest absolute Gasteiger partial charge is 0.407 e. The summed E-state index contributed by atoms with van der Waals surface area (Å²) in [5, 5.41) is 8.81. The van der Waals surface area contributed by atoms with Crippen molar-refractivity contribution in [2.45, 2.75) is 62.7 Å². The van der Waals surface area contributed by atoms with E-state index in [9.17, 15) is 9.59 Å². The standard InChI is InChI=1S/C44H43N7O3/c1-54-43(53)50-39(28-5-3-2-4-6-28)42(52)51-25-44(17-18-44)22-37(51)40-45-24-36(48-40)32-14-13-30-19-29(11-12-31(30)20-32)26-7-9-27(10-8-26)35-23-46-41(49-35)38-33-15-16-34(21-33)47-38/h2-14,19-20,23-24,33-34,37-39,47H,15-18,21-22,25H2,1H3,(H,45,48)(H,46,49)(H,50,53)/t33-,34+,37-,38-,39?/m0/s1. The number of methoxy groups -OCH3 is 1. The number of benzene rings is 4. The Morgan fingerprint density at radius 3 is 2.19 bits per heavy atom. The number of ether oxygens (including phenoxy) is 1. The molecule has 2 saturated carbocycles. The first-order valence-corrected chi connectivity index (χ1v) is 19.1. The van der Waals surface area contributed by atoms with Gasteiger partial charge in [-0.25, -0.2) is 14.8 Å². The molecule has 272 valence electrons. The van der Waals surface area contributed by atoms with Gasteiger partial charge in [0.25, 0.3) is 5.91 Å². The average Bonchev–Trinajstić information content (AvgIpc) is 3.86. The summed E-state index contributed by atoms with van der Waals surface area (Å²) < 4.78 is 4.89. The molecule has 2 aliphatic heterocycles. The van der Waals surface area contributed by atoms with Crippen molar-refractivity contribution in [2.75, 3.05) is 13.7 Å². The van der Waals surface area contributed by atoms with Crippen molar-refractivity contribution < 1.29 is 14.3 Å². The number of amides is 2. The van der Waals surface area contributed by atoms with Gasteiger partial charge in [-0.1, -0.05) is 78.9 Å². The molecule has 4 aliphatic rings. The van der Waals surface area contributed by atoms with Gasteiger partial charge in [-0.05, 0) is 95.0 Å². The normalized spacial score (nSPS) is 22.9. The lowest BCUT2D eigenvalue weighted by Gasteiger charge is -2.28. The molecule has 10 rings (SSSR count). The minimum atomic E-state index is -0.855. The highest BCUT2D eigenvalue weighted by Crippen LogP contribution is 2.58. The zero-order chi connectivity index (χ0) is 36.4. The molecule has 1 spiro atoms. The van der Waals surface area contributed by atoms with Crippen LogP contribution in [0, 0.1) is 11.3 Å². The number of carbonyl (C=O) groups is 2. The van der Waals surface area contributed by atoms with Crippen molar-refractivity contribution >= 4 is 22.8 Å². The first-order chi connectivity index (χ1) is 26.4. The van der Waals surface area contributed by atoms with E-state index in [1.807, 2.05) is 47.6 Å². The summed E-state index contributed by atoms with van der Waals surface area (Å²) in [6, 6.07) is 31.0. The summed E-state index contributed by atoms with van der Waals surface area (Å²) in [7, 11) is 1.31. The van der Waals surface area contributed by atoms with Gasteiger partial charge in [-0.3, -0.25) is 4.79 Å². The zero-order valence-corrected chi connectivity index (χ0v) is 30.2. The minimum Gasteiger partial charge on any atom is -0.453 e. The fraction of sp³-hybridized carbons (Fsp3) is 0.318. The molecule has 2 aliphatic carbocycles. The number of carbonyl (C=O) groups excluding carboxylic acids is 2. The minimum absolute atomic E-state index is 0.107. The number of H-pyrrole nitrogens is 2. The van der Waals surface area contributed by atoms with Gasteiger partial charge >= 0.3 is 6.09 Å². The van der Waals surface area contributed by atoms with Crippen molar-refractivity contribution in [3.63, 3.8) is 0 Å². The summed E-state index contributed by atoms with van der Waals surface area (Å²) in [4.78, 5) is 45.2. The molecule has 54 heavy (non-hydrogen) atoms. The topological polar surface area (TPSA) is 128 Å². The van der Waals surface area contributed by atoms with E-state index in [4.69, 9.17) is 14.7 Å². The van der Waals surface area contributed by atoms with Crippen LogP contribution < -0.4 is 10.6 Å². The van der Waals surface area contributed by atoms with Crippen LogP contribution in [0.25, 0.3) is 44.4 Å². The summed E-state index contributed by atoms with van der Waals surface area (Å²) in [5.41, 5.74) is 7.28. The molecule has 1 unspecified atom stereocenters. The molecule has 6 aromatic rings. The second-order valence-corrected chi connectivity index (χ2v) is 15.8. The number of rotatable bonds is 8. The molecule has 4 aromatic carbocycles. The number of hydrogen-bond donors (Lipinski definition) is 4. The van der Waals surface area contributed by atoms with Crippen molar-refractivity contribution in [3.05, 3.63) is 121 Å². The molecule has 2 saturated heterocycles. The van der Waals surface area contributed by atoms with Crippen LogP contribution in [0.3, 0.4) is 0 Å². The van der Waals surface area contributed by atoms with E-state index in [2.05, 4.69) is 81.3 Å². The maximum Gasteiger partial charge on any atom is 0.407 e. The van der Waals surface area contributed by atoms with E-state index in [-0.39, 0.29) is 17.4 Å². The Balaban J connectivity index is 0.863. The second-order valence-electron chi connectivity index (χ2n) is 15.8. The lowest BCUT2D eigenvalue weighted by molar-refractivity contribution is -0.134. The van der Waals surface area contributed by atoms with Gasteiger partial charge in [0, 0.05) is 18.2 Å². The molecular formula is C44H43N7O3. The zero-order valence-electron chi connectivity index (χ0n) is 30.2. The Morgan fingerprint density at radius 1 is 0.815 bits per heavy atom. The summed E-state index contributed by atoms with van der Waals surface area (Å²) in [6.45, 7) is 0.642. The Labute approximate surface area is 313 Å². The summed E-state index contributed by atoms with van der Waals surface area (Å²) in [6.07, 6.45) is 10.1. The number of alkyl carbamates (subject to hydrolysis) is 1. The third-order valence-corrected chi connectivity index (χ3v) is 12.4. The van der Waals surface area contributed by atoms with E-state index >= 15 is 0 Å².